The fourth-order valence-electron chi connectivity index (χ4n) is 3.46. The zero-order valence-corrected chi connectivity index (χ0v) is 17.4. The van der Waals surface area contributed by atoms with Crippen molar-refractivity contribution < 1.29 is 23.9 Å². The van der Waals surface area contributed by atoms with Crippen LogP contribution in [-0.4, -0.2) is 48.9 Å². The highest BCUT2D eigenvalue weighted by molar-refractivity contribution is 6.22. The molecular formula is C23H26N2O5. The van der Waals surface area contributed by atoms with Crippen LogP contribution in [0.15, 0.2) is 48.5 Å². The number of nitrogens with zero attached hydrogens (tertiary/aromatic N) is 1. The molecule has 0 aromatic heterocycles. The van der Waals surface area contributed by atoms with E-state index in [9.17, 15) is 14.4 Å². The number of methoxy groups -OCH3 is 1. The third kappa shape index (κ3) is 4.45. The summed E-state index contributed by atoms with van der Waals surface area (Å²) in [6.45, 7) is 4.35. The summed E-state index contributed by atoms with van der Waals surface area (Å²) in [7, 11) is 1.56. The second kappa shape index (κ2) is 9.43. The lowest BCUT2D eigenvalue weighted by Gasteiger charge is -2.26. The summed E-state index contributed by atoms with van der Waals surface area (Å²) >= 11 is 0. The van der Waals surface area contributed by atoms with Gasteiger partial charge in [0.05, 0.1) is 24.8 Å². The van der Waals surface area contributed by atoms with Gasteiger partial charge < -0.3 is 14.8 Å². The molecule has 0 aliphatic carbocycles. The molecule has 2 aromatic rings. The Kier molecular flexibility index (Phi) is 6.72. The van der Waals surface area contributed by atoms with Crippen molar-refractivity contribution in [1.29, 1.82) is 0 Å². The summed E-state index contributed by atoms with van der Waals surface area (Å²) in [4.78, 5) is 39.6. The number of fused-ring (bicyclic) bond motifs is 1. The van der Waals surface area contributed by atoms with Crippen LogP contribution in [0.4, 0.5) is 0 Å². The molecule has 0 fully saturated rings. The zero-order chi connectivity index (χ0) is 21.7. The molecular weight excluding hydrogens is 384 g/mol. The van der Waals surface area contributed by atoms with Crippen molar-refractivity contribution in [3.8, 4) is 11.5 Å². The second-order valence-electron chi connectivity index (χ2n) is 7.46. The molecule has 1 aliphatic heterocycles. The maximum absolute atomic E-state index is 12.9. The van der Waals surface area contributed by atoms with E-state index in [2.05, 4.69) is 5.32 Å². The number of hydrogen-bond acceptors (Lipinski definition) is 5. The lowest BCUT2D eigenvalue weighted by molar-refractivity contribution is -0.125. The normalized spacial score (nSPS) is 13.9. The van der Waals surface area contributed by atoms with Crippen LogP contribution in [0, 0.1) is 5.92 Å². The Labute approximate surface area is 176 Å². The Balaban J connectivity index is 1.65. The van der Waals surface area contributed by atoms with Gasteiger partial charge in [-0.2, -0.15) is 0 Å². The van der Waals surface area contributed by atoms with Gasteiger partial charge in [-0.3, -0.25) is 19.3 Å². The van der Waals surface area contributed by atoms with E-state index >= 15 is 0 Å². The molecule has 3 amide bonds. The third-order valence-electron chi connectivity index (χ3n) is 4.86. The van der Waals surface area contributed by atoms with Crippen LogP contribution < -0.4 is 14.8 Å². The van der Waals surface area contributed by atoms with Gasteiger partial charge in [0.2, 0.25) is 5.91 Å². The number of hydrogen-bond donors (Lipinski definition) is 1. The molecule has 158 valence electrons. The van der Waals surface area contributed by atoms with Crippen LogP contribution in [-0.2, 0) is 4.79 Å². The molecule has 1 aliphatic rings. The molecule has 2 aromatic carbocycles. The first kappa shape index (κ1) is 21.4. The Morgan fingerprint density at radius 3 is 2.10 bits per heavy atom. The van der Waals surface area contributed by atoms with E-state index in [0.29, 0.717) is 29.0 Å². The Bertz CT molecular complexity index is 906. The zero-order valence-electron chi connectivity index (χ0n) is 17.4. The van der Waals surface area contributed by atoms with Crippen LogP contribution in [0.1, 0.15) is 41.0 Å². The monoisotopic (exact) mass is 410 g/mol. The van der Waals surface area contributed by atoms with Gasteiger partial charge in [0.1, 0.15) is 12.6 Å². The molecule has 1 N–H and O–H groups in total. The van der Waals surface area contributed by atoms with E-state index < -0.39 is 17.9 Å². The topological polar surface area (TPSA) is 84.9 Å². The van der Waals surface area contributed by atoms with Gasteiger partial charge in [-0.15, -0.1) is 0 Å². The van der Waals surface area contributed by atoms with Gasteiger partial charge >= 0.3 is 0 Å². The van der Waals surface area contributed by atoms with Crippen LogP contribution in [0.5, 0.6) is 11.5 Å². The summed E-state index contributed by atoms with van der Waals surface area (Å²) < 4.78 is 10.9. The van der Waals surface area contributed by atoms with E-state index in [1.54, 1.807) is 43.5 Å². The average Bonchev–Trinajstić information content (AvgIpc) is 3.00. The molecule has 30 heavy (non-hydrogen) atoms. The van der Waals surface area contributed by atoms with Gasteiger partial charge in [0, 0.05) is 0 Å². The number of nitrogens with one attached hydrogen (secondary N) is 1. The van der Waals surface area contributed by atoms with Crippen molar-refractivity contribution in [1.82, 2.24) is 10.2 Å². The fraction of sp³-hybridized carbons (Fsp3) is 0.348. The second-order valence-corrected chi connectivity index (χ2v) is 7.46. The standard InChI is InChI=1S/C23H26N2O5/c1-15(2)14-18(25-22(27)16-8-4-5-9-17(16)23(25)28)21(26)24-12-13-30-20-11-7-6-10-19(20)29-3/h4-11,15,18H,12-14H2,1-3H3,(H,24,26)/t18-/m0/s1. The van der Waals surface area contributed by atoms with Crippen molar-refractivity contribution in [2.45, 2.75) is 26.3 Å². The van der Waals surface area contributed by atoms with E-state index in [1.165, 1.54) is 0 Å². The number of benzene rings is 2. The van der Waals surface area contributed by atoms with Crippen molar-refractivity contribution >= 4 is 17.7 Å². The molecule has 3 rings (SSSR count). The van der Waals surface area contributed by atoms with Gasteiger partial charge in [-0.25, -0.2) is 0 Å². The first-order valence-corrected chi connectivity index (χ1v) is 9.94. The number of ether oxygens (including phenoxy) is 2. The van der Waals surface area contributed by atoms with E-state index in [0.717, 1.165) is 4.90 Å². The summed E-state index contributed by atoms with van der Waals surface area (Å²) in [6.07, 6.45) is 0.380. The minimum Gasteiger partial charge on any atom is -0.493 e. The molecule has 0 spiro atoms. The van der Waals surface area contributed by atoms with Crippen molar-refractivity contribution in [3.63, 3.8) is 0 Å². The number of carbonyl (C=O) groups excluding carboxylic acids is 3. The van der Waals surface area contributed by atoms with Crippen LogP contribution >= 0.6 is 0 Å². The van der Waals surface area contributed by atoms with Gasteiger partial charge in [-0.1, -0.05) is 38.1 Å². The SMILES string of the molecule is COc1ccccc1OCCNC(=O)[C@H](CC(C)C)N1C(=O)c2ccccc2C1=O. The number of rotatable bonds is 9. The minimum atomic E-state index is -0.872. The molecule has 0 saturated heterocycles. The first-order chi connectivity index (χ1) is 14.4. The van der Waals surface area contributed by atoms with E-state index in [4.69, 9.17) is 9.47 Å². The Morgan fingerprint density at radius 1 is 0.967 bits per heavy atom. The molecule has 7 nitrogen and oxygen atoms in total. The predicted molar refractivity (Wildman–Crippen MR) is 112 cm³/mol. The largest absolute Gasteiger partial charge is 0.493 e. The van der Waals surface area contributed by atoms with Gasteiger partial charge in [0.15, 0.2) is 11.5 Å². The van der Waals surface area contributed by atoms with Crippen LogP contribution in [0.3, 0.4) is 0 Å². The Hall–Kier alpha value is -3.35. The van der Waals surface area contributed by atoms with Crippen molar-refractivity contribution in [2.24, 2.45) is 5.92 Å². The molecule has 1 atom stereocenters. The highest BCUT2D eigenvalue weighted by Crippen LogP contribution is 2.27. The summed E-state index contributed by atoms with van der Waals surface area (Å²) in [5.74, 6) is 0.0703. The summed E-state index contributed by atoms with van der Waals surface area (Å²) in [6, 6.07) is 13.0. The van der Waals surface area contributed by atoms with Crippen molar-refractivity contribution in [2.75, 3.05) is 20.3 Å². The molecule has 7 heteroatoms. The van der Waals surface area contributed by atoms with Crippen LogP contribution in [0.25, 0.3) is 0 Å². The maximum atomic E-state index is 12.9. The molecule has 1 heterocycles. The smallest absolute Gasteiger partial charge is 0.262 e. The number of imide groups is 1. The van der Waals surface area contributed by atoms with Gasteiger partial charge in [-0.05, 0) is 36.6 Å². The third-order valence-corrected chi connectivity index (χ3v) is 4.86. The highest BCUT2D eigenvalue weighted by Gasteiger charge is 2.42. The van der Waals surface area contributed by atoms with E-state index in [-0.39, 0.29) is 25.0 Å². The molecule has 0 radical (unpaired) electrons. The highest BCUT2D eigenvalue weighted by atomic mass is 16.5. The first-order valence-electron chi connectivity index (χ1n) is 9.94. The van der Waals surface area contributed by atoms with Gasteiger partial charge in [0.25, 0.3) is 11.8 Å². The van der Waals surface area contributed by atoms with Crippen molar-refractivity contribution in [3.05, 3.63) is 59.7 Å². The molecule has 0 unspecified atom stereocenters. The number of carbonyl (C=O) groups is 3. The number of para-hydroxylation sites is 2. The maximum Gasteiger partial charge on any atom is 0.262 e. The molecule has 0 saturated carbocycles. The lowest BCUT2D eigenvalue weighted by Crippen LogP contribution is -2.50. The molecule has 0 bridgehead atoms. The summed E-state index contributed by atoms with van der Waals surface area (Å²) in [5.41, 5.74) is 0.673. The Morgan fingerprint density at radius 2 is 1.53 bits per heavy atom. The quantitative estimate of drug-likeness (QED) is 0.508. The lowest BCUT2D eigenvalue weighted by atomic mass is 10.0. The van der Waals surface area contributed by atoms with Crippen LogP contribution in [0.2, 0.25) is 0 Å². The fourth-order valence-corrected chi connectivity index (χ4v) is 3.46. The van der Waals surface area contributed by atoms with E-state index in [1.807, 2.05) is 26.0 Å². The average molecular weight is 410 g/mol. The number of amides is 3. The predicted octanol–water partition coefficient (Wildman–Crippen LogP) is 2.90. The minimum absolute atomic E-state index is 0.120. The summed E-state index contributed by atoms with van der Waals surface area (Å²) in [5, 5.41) is 2.79.